The summed E-state index contributed by atoms with van der Waals surface area (Å²) in [6.45, 7) is 0. The molecule has 0 radical (unpaired) electrons. The average molecular weight is 464 g/mol. The Labute approximate surface area is 197 Å². The molecule has 0 aliphatic carbocycles. The monoisotopic (exact) mass is 464 g/mol. The normalized spacial score (nSPS) is 11.0. The van der Waals surface area contributed by atoms with Gasteiger partial charge in [0.15, 0.2) is 23.0 Å². The number of hydrogen-bond donors (Lipinski definition) is 0. The molecular formula is C27H25FO6. The lowest BCUT2D eigenvalue weighted by Gasteiger charge is -2.13. The summed E-state index contributed by atoms with van der Waals surface area (Å²) < 4.78 is 40.2. The predicted octanol–water partition coefficient (Wildman–Crippen LogP) is 5.65. The fourth-order valence-corrected chi connectivity index (χ4v) is 3.26. The summed E-state index contributed by atoms with van der Waals surface area (Å²) in [6.07, 6.45) is 6.58. The summed E-state index contributed by atoms with van der Waals surface area (Å²) in [5.74, 6) is 1.25. The van der Waals surface area contributed by atoms with E-state index in [0.717, 1.165) is 11.6 Å². The van der Waals surface area contributed by atoms with E-state index in [1.54, 1.807) is 39.5 Å². The zero-order valence-corrected chi connectivity index (χ0v) is 19.3. The minimum atomic E-state index is -0.643. The van der Waals surface area contributed by atoms with Crippen molar-refractivity contribution in [3.63, 3.8) is 0 Å². The van der Waals surface area contributed by atoms with E-state index >= 15 is 0 Å². The van der Waals surface area contributed by atoms with Crippen LogP contribution in [0.5, 0.6) is 28.7 Å². The molecule has 176 valence electrons. The van der Waals surface area contributed by atoms with Crippen molar-refractivity contribution in [2.75, 3.05) is 28.4 Å². The third-order valence-corrected chi connectivity index (χ3v) is 4.88. The second-order valence-corrected chi connectivity index (χ2v) is 6.96. The molecule has 0 aliphatic rings. The van der Waals surface area contributed by atoms with Gasteiger partial charge in [0.1, 0.15) is 11.6 Å². The van der Waals surface area contributed by atoms with Crippen molar-refractivity contribution in [1.29, 1.82) is 0 Å². The molecule has 0 saturated heterocycles. The largest absolute Gasteiger partial charge is 0.493 e. The first kappa shape index (κ1) is 24.4. The topological polar surface area (TPSA) is 63.2 Å². The summed E-state index contributed by atoms with van der Waals surface area (Å²) in [5, 5.41) is 0. The van der Waals surface area contributed by atoms with E-state index in [2.05, 4.69) is 0 Å². The van der Waals surface area contributed by atoms with Crippen LogP contribution in [0.15, 0.2) is 60.7 Å². The van der Waals surface area contributed by atoms with Crippen LogP contribution in [0.3, 0.4) is 0 Å². The maximum absolute atomic E-state index is 13.3. The fourth-order valence-electron chi connectivity index (χ4n) is 3.26. The van der Waals surface area contributed by atoms with E-state index in [1.807, 2.05) is 30.4 Å². The zero-order chi connectivity index (χ0) is 24.5. The lowest BCUT2D eigenvalue weighted by molar-refractivity contribution is -0.128. The fraction of sp³-hybridized carbons (Fsp3) is 0.148. The molecule has 3 aromatic carbocycles. The standard InChI is InChI=1S/C27H25FO6/c1-30-23-13-9-18(16-25(23)32-3)8-12-22-19(10-14-24(31-2)27(22)33-4)11-15-26(29)34-21-7-5-6-20(28)17-21/h5-17H,1-4H3/b12-8+,15-11+. The number of carbonyl (C=O) groups is 1. The van der Waals surface area contributed by atoms with Crippen molar-refractivity contribution in [2.24, 2.45) is 0 Å². The zero-order valence-electron chi connectivity index (χ0n) is 19.3. The van der Waals surface area contributed by atoms with Crippen LogP contribution in [-0.2, 0) is 4.79 Å². The predicted molar refractivity (Wildman–Crippen MR) is 129 cm³/mol. The second-order valence-electron chi connectivity index (χ2n) is 6.96. The van der Waals surface area contributed by atoms with Crippen LogP contribution in [0, 0.1) is 5.82 Å². The third kappa shape index (κ3) is 5.95. The minimum absolute atomic E-state index is 0.121. The lowest BCUT2D eigenvalue weighted by atomic mass is 10.0. The van der Waals surface area contributed by atoms with E-state index in [1.165, 1.54) is 31.4 Å². The molecule has 6 nitrogen and oxygen atoms in total. The maximum Gasteiger partial charge on any atom is 0.336 e. The van der Waals surface area contributed by atoms with Crippen molar-refractivity contribution in [1.82, 2.24) is 0 Å². The van der Waals surface area contributed by atoms with Gasteiger partial charge >= 0.3 is 5.97 Å². The molecule has 0 N–H and O–H groups in total. The van der Waals surface area contributed by atoms with Crippen molar-refractivity contribution in [3.8, 4) is 28.7 Å². The molecule has 0 aliphatic heterocycles. The maximum atomic E-state index is 13.3. The first-order valence-electron chi connectivity index (χ1n) is 10.3. The molecule has 0 saturated carbocycles. The van der Waals surface area contributed by atoms with E-state index in [4.69, 9.17) is 23.7 Å². The number of benzene rings is 3. The van der Waals surface area contributed by atoms with Crippen molar-refractivity contribution < 1.29 is 32.9 Å². The van der Waals surface area contributed by atoms with Crippen molar-refractivity contribution in [3.05, 3.63) is 83.2 Å². The molecule has 0 fully saturated rings. The Morgan fingerprint density at radius 2 is 1.50 bits per heavy atom. The highest BCUT2D eigenvalue weighted by atomic mass is 19.1. The molecule has 0 heterocycles. The molecule has 0 aromatic heterocycles. The van der Waals surface area contributed by atoms with Crippen LogP contribution in [0.2, 0.25) is 0 Å². The molecule has 34 heavy (non-hydrogen) atoms. The van der Waals surface area contributed by atoms with Crippen molar-refractivity contribution >= 4 is 24.2 Å². The summed E-state index contributed by atoms with van der Waals surface area (Å²) in [7, 11) is 6.23. The van der Waals surface area contributed by atoms with Gasteiger partial charge in [-0.3, -0.25) is 0 Å². The molecule has 0 unspecified atom stereocenters. The Morgan fingerprint density at radius 1 is 0.765 bits per heavy atom. The van der Waals surface area contributed by atoms with Gasteiger partial charge in [-0.15, -0.1) is 0 Å². The van der Waals surface area contributed by atoms with Gasteiger partial charge in [-0.1, -0.05) is 24.3 Å². The number of esters is 1. The van der Waals surface area contributed by atoms with Gasteiger partial charge in [-0.2, -0.15) is 0 Å². The van der Waals surface area contributed by atoms with Crippen LogP contribution in [0.1, 0.15) is 16.7 Å². The van der Waals surface area contributed by atoms with Crippen LogP contribution >= 0.6 is 0 Å². The van der Waals surface area contributed by atoms with Gasteiger partial charge in [0.25, 0.3) is 0 Å². The number of ether oxygens (including phenoxy) is 5. The number of methoxy groups -OCH3 is 4. The van der Waals surface area contributed by atoms with E-state index < -0.39 is 11.8 Å². The van der Waals surface area contributed by atoms with Gasteiger partial charge < -0.3 is 23.7 Å². The quantitative estimate of drug-likeness (QED) is 0.177. The summed E-state index contributed by atoms with van der Waals surface area (Å²) in [4.78, 5) is 12.3. The highest BCUT2D eigenvalue weighted by Gasteiger charge is 2.12. The molecule has 0 amide bonds. The lowest BCUT2D eigenvalue weighted by Crippen LogP contribution is -2.04. The van der Waals surface area contributed by atoms with Gasteiger partial charge in [0, 0.05) is 17.7 Å². The second kappa shape index (κ2) is 11.6. The highest BCUT2D eigenvalue weighted by molar-refractivity contribution is 5.90. The molecular weight excluding hydrogens is 439 g/mol. The van der Waals surface area contributed by atoms with E-state index in [9.17, 15) is 9.18 Å². The number of hydrogen-bond acceptors (Lipinski definition) is 6. The van der Waals surface area contributed by atoms with Gasteiger partial charge in [-0.05, 0) is 53.6 Å². The van der Waals surface area contributed by atoms with Crippen molar-refractivity contribution in [2.45, 2.75) is 0 Å². The molecule has 0 atom stereocenters. The molecule has 0 spiro atoms. The first-order chi connectivity index (χ1) is 16.5. The van der Waals surface area contributed by atoms with Gasteiger partial charge in [0.05, 0.1) is 28.4 Å². The summed E-state index contributed by atoms with van der Waals surface area (Å²) in [5.41, 5.74) is 2.24. The van der Waals surface area contributed by atoms with Crippen LogP contribution in [0.25, 0.3) is 18.2 Å². The molecule has 7 heteroatoms. The Kier molecular flexibility index (Phi) is 8.29. The van der Waals surface area contributed by atoms with Crippen LogP contribution in [-0.4, -0.2) is 34.4 Å². The Bertz CT molecular complexity index is 1220. The Balaban J connectivity index is 1.93. The van der Waals surface area contributed by atoms with Crippen LogP contribution in [0.4, 0.5) is 4.39 Å². The van der Waals surface area contributed by atoms with Gasteiger partial charge in [-0.25, -0.2) is 9.18 Å². The molecule has 3 aromatic rings. The Hall–Kier alpha value is -4.26. The SMILES string of the molecule is COc1ccc(/C=C/c2c(/C=C/C(=O)Oc3cccc(F)c3)ccc(OC)c2OC)cc1OC. The van der Waals surface area contributed by atoms with E-state index in [-0.39, 0.29) is 5.75 Å². The van der Waals surface area contributed by atoms with Crippen LogP contribution < -0.4 is 23.7 Å². The Morgan fingerprint density at radius 3 is 2.18 bits per heavy atom. The summed E-state index contributed by atoms with van der Waals surface area (Å²) in [6, 6.07) is 14.4. The number of halogens is 1. The van der Waals surface area contributed by atoms with E-state index in [0.29, 0.717) is 34.1 Å². The number of rotatable bonds is 9. The molecule has 3 rings (SSSR count). The smallest absolute Gasteiger partial charge is 0.336 e. The highest BCUT2D eigenvalue weighted by Crippen LogP contribution is 2.36. The van der Waals surface area contributed by atoms with Gasteiger partial charge in [0.2, 0.25) is 0 Å². The average Bonchev–Trinajstić information content (AvgIpc) is 2.85. The first-order valence-corrected chi connectivity index (χ1v) is 10.3. The number of carbonyl (C=O) groups excluding carboxylic acids is 1. The summed E-state index contributed by atoms with van der Waals surface area (Å²) >= 11 is 0. The third-order valence-electron chi connectivity index (χ3n) is 4.88. The minimum Gasteiger partial charge on any atom is -0.493 e. The molecule has 0 bridgehead atoms.